The van der Waals surface area contributed by atoms with E-state index in [1.165, 1.54) is 19.3 Å². The molecule has 1 aliphatic rings. The van der Waals surface area contributed by atoms with Crippen LogP contribution < -0.4 is 4.74 Å². The number of hydrogen-bond donors (Lipinski definition) is 0. The van der Waals surface area contributed by atoms with Gasteiger partial charge in [-0.25, -0.2) is 4.39 Å². The van der Waals surface area contributed by atoms with Crippen molar-refractivity contribution in [3.63, 3.8) is 0 Å². The minimum absolute atomic E-state index is 0.0522. The lowest BCUT2D eigenvalue weighted by Crippen LogP contribution is -2.15. The van der Waals surface area contributed by atoms with Crippen LogP contribution >= 0.6 is 0 Å². The van der Waals surface area contributed by atoms with Gasteiger partial charge >= 0.3 is 0 Å². The number of hydrogen-bond acceptors (Lipinski definition) is 1. The third kappa shape index (κ3) is 4.92. The van der Waals surface area contributed by atoms with E-state index >= 15 is 0 Å². The Balaban J connectivity index is 1.97. The van der Waals surface area contributed by atoms with Crippen molar-refractivity contribution < 1.29 is 13.5 Å². The Bertz CT molecular complexity index is 479. The molecule has 2 rings (SSSR count). The minimum Gasteiger partial charge on any atom is -0.490 e. The Kier molecular flexibility index (Phi) is 7.32. The second-order valence-electron chi connectivity index (χ2n) is 6.84. The van der Waals surface area contributed by atoms with Gasteiger partial charge < -0.3 is 4.74 Å². The molecule has 1 nitrogen and oxygen atoms in total. The molecule has 0 saturated heterocycles. The number of ether oxygens (including phenoxy) is 1. The van der Waals surface area contributed by atoms with Crippen LogP contribution in [0, 0.1) is 17.6 Å². The molecule has 3 heteroatoms. The molecular formula is C20H30F2O. The van der Waals surface area contributed by atoms with E-state index in [4.69, 9.17) is 4.74 Å². The number of rotatable bonds is 8. The van der Waals surface area contributed by atoms with Crippen LogP contribution in [0.2, 0.25) is 0 Å². The molecule has 1 aliphatic carbocycles. The molecule has 0 amide bonds. The van der Waals surface area contributed by atoms with Crippen molar-refractivity contribution in [3.8, 4) is 5.75 Å². The summed E-state index contributed by atoms with van der Waals surface area (Å²) < 4.78 is 33.9. The van der Waals surface area contributed by atoms with Crippen LogP contribution in [0.25, 0.3) is 0 Å². The summed E-state index contributed by atoms with van der Waals surface area (Å²) in [4.78, 5) is 0. The van der Waals surface area contributed by atoms with Crippen LogP contribution in [-0.2, 0) is 0 Å². The molecular weight excluding hydrogens is 294 g/mol. The molecule has 0 radical (unpaired) electrons. The average molecular weight is 324 g/mol. The molecule has 0 N–H and O–H groups in total. The van der Waals surface area contributed by atoms with Gasteiger partial charge in [-0.15, -0.1) is 0 Å². The molecule has 0 aromatic heterocycles. The standard InChI is InChI=1S/C20H30F2O/c1-3-5-7-15-8-10-16(11-9-15)17-12-13-18(20(22)19(17)21)23-14-6-4-2/h12-13,15-16H,3-11,14H2,1-2H3. The Morgan fingerprint density at radius 1 is 0.957 bits per heavy atom. The number of unbranched alkanes of at least 4 members (excludes halogenated alkanes) is 2. The lowest BCUT2D eigenvalue weighted by molar-refractivity contribution is 0.282. The van der Waals surface area contributed by atoms with Crippen molar-refractivity contribution in [1.29, 1.82) is 0 Å². The second-order valence-corrected chi connectivity index (χ2v) is 6.84. The summed E-state index contributed by atoms with van der Waals surface area (Å²) in [6.07, 6.45) is 9.85. The molecule has 0 aliphatic heterocycles. The van der Waals surface area contributed by atoms with Crippen molar-refractivity contribution in [2.75, 3.05) is 6.61 Å². The molecule has 0 unspecified atom stereocenters. The van der Waals surface area contributed by atoms with E-state index in [0.717, 1.165) is 44.4 Å². The van der Waals surface area contributed by atoms with Gasteiger partial charge in [0.05, 0.1) is 6.61 Å². The van der Waals surface area contributed by atoms with Gasteiger partial charge in [0, 0.05) is 0 Å². The van der Waals surface area contributed by atoms with E-state index in [1.54, 1.807) is 12.1 Å². The molecule has 1 fully saturated rings. The quantitative estimate of drug-likeness (QED) is 0.489. The fraction of sp³-hybridized carbons (Fsp3) is 0.700. The first-order valence-corrected chi connectivity index (χ1v) is 9.28. The SMILES string of the molecule is CCCCOc1ccc(C2CCC(CCCC)CC2)c(F)c1F. The first kappa shape index (κ1) is 18.2. The van der Waals surface area contributed by atoms with Crippen LogP contribution in [0.3, 0.4) is 0 Å². The normalized spacial score (nSPS) is 21.4. The van der Waals surface area contributed by atoms with Gasteiger partial charge in [-0.3, -0.25) is 0 Å². The highest BCUT2D eigenvalue weighted by Gasteiger charge is 2.26. The zero-order valence-electron chi connectivity index (χ0n) is 14.5. The van der Waals surface area contributed by atoms with Gasteiger partial charge in [-0.2, -0.15) is 4.39 Å². The van der Waals surface area contributed by atoms with Gasteiger partial charge in [-0.1, -0.05) is 45.6 Å². The predicted octanol–water partition coefficient (Wildman–Crippen LogP) is 6.61. The topological polar surface area (TPSA) is 9.23 Å². The lowest BCUT2D eigenvalue weighted by Gasteiger charge is -2.29. The van der Waals surface area contributed by atoms with Gasteiger partial charge in [-0.05, 0) is 55.6 Å². The molecule has 0 spiro atoms. The van der Waals surface area contributed by atoms with E-state index < -0.39 is 11.6 Å². The summed E-state index contributed by atoms with van der Waals surface area (Å²) in [7, 11) is 0. The predicted molar refractivity (Wildman–Crippen MR) is 91.0 cm³/mol. The van der Waals surface area contributed by atoms with Gasteiger partial charge in [0.15, 0.2) is 11.6 Å². The van der Waals surface area contributed by atoms with Crippen molar-refractivity contribution in [2.45, 2.75) is 77.6 Å². The van der Waals surface area contributed by atoms with E-state index in [9.17, 15) is 8.78 Å². The first-order valence-electron chi connectivity index (χ1n) is 9.28. The zero-order valence-corrected chi connectivity index (χ0v) is 14.5. The van der Waals surface area contributed by atoms with E-state index in [2.05, 4.69) is 6.92 Å². The highest BCUT2D eigenvalue weighted by atomic mass is 19.2. The molecule has 1 saturated carbocycles. The molecule has 0 bridgehead atoms. The van der Waals surface area contributed by atoms with Crippen molar-refractivity contribution in [1.82, 2.24) is 0 Å². The summed E-state index contributed by atoms with van der Waals surface area (Å²) in [5.41, 5.74) is 0.541. The Morgan fingerprint density at radius 3 is 2.30 bits per heavy atom. The van der Waals surface area contributed by atoms with Crippen LogP contribution in [0.4, 0.5) is 8.78 Å². The third-order valence-electron chi connectivity index (χ3n) is 5.08. The van der Waals surface area contributed by atoms with Crippen LogP contribution in [0.1, 0.15) is 83.1 Å². The second kappa shape index (κ2) is 9.24. The lowest BCUT2D eigenvalue weighted by atomic mass is 9.77. The fourth-order valence-electron chi connectivity index (χ4n) is 3.55. The zero-order chi connectivity index (χ0) is 16.7. The summed E-state index contributed by atoms with van der Waals surface area (Å²) >= 11 is 0. The maximum absolute atomic E-state index is 14.4. The van der Waals surface area contributed by atoms with Crippen molar-refractivity contribution in [3.05, 3.63) is 29.3 Å². The molecule has 0 heterocycles. The van der Waals surface area contributed by atoms with Crippen LogP contribution in [0.5, 0.6) is 5.75 Å². The van der Waals surface area contributed by atoms with Crippen LogP contribution in [0.15, 0.2) is 12.1 Å². The minimum atomic E-state index is -0.813. The highest BCUT2D eigenvalue weighted by Crippen LogP contribution is 2.40. The maximum Gasteiger partial charge on any atom is 0.200 e. The van der Waals surface area contributed by atoms with Crippen molar-refractivity contribution in [2.24, 2.45) is 5.92 Å². The fourth-order valence-corrected chi connectivity index (χ4v) is 3.55. The molecule has 1 aromatic rings. The molecule has 130 valence electrons. The smallest absolute Gasteiger partial charge is 0.200 e. The number of benzene rings is 1. The van der Waals surface area contributed by atoms with Crippen molar-refractivity contribution >= 4 is 0 Å². The molecule has 23 heavy (non-hydrogen) atoms. The summed E-state index contributed by atoms with van der Waals surface area (Å²) in [6.45, 7) is 4.70. The summed E-state index contributed by atoms with van der Waals surface area (Å²) in [6, 6.07) is 3.34. The molecule has 1 aromatic carbocycles. The maximum atomic E-state index is 14.4. The monoisotopic (exact) mass is 324 g/mol. The van der Waals surface area contributed by atoms with E-state index in [0.29, 0.717) is 12.2 Å². The Hall–Kier alpha value is -1.12. The number of halogens is 2. The highest BCUT2D eigenvalue weighted by molar-refractivity contribution is 5.33. The molecule has 0 atom stereocenters. The van der Waals surface area contributed by atoms with E-state index in [-0.39, 0.29) is 11.7 Å². The largest absolute Gasteiger partial charge is 0.490 e. The van der Waals surface area contributed by atoms with Gasteiger partial charge in [0.2, 0.25) is 5.82 Å². The van der Waals surface area contributed by atoms with E-state index in [1.807, 2.05) is 6.92 Å². The summed E-state index contributed by atoms with van der Waals surface area (Å²) in [5, 5.41) is 0. The Morgan fingerprint density at radius 2 is 1.65 bits per heavy atom. The Labute approximate surface area is 139 Å². The first-order chi connectivity index (χ1) is 11.2. The van der Waals surface area contributed by atoms with Gasteiger partial charge in [0.1, 0.15) is 0 Å². The van der Waals surface area contributed by atoms with Crippen LogP contribution in [-0.4, -0.2) is 6.61 Å². The third-order valence-corrected chi connectivity index (χ3v) is 5.08. The average Bonchev–Trinajstić information content (AvgIpc) is 2.58. The summed E-state index contributed by atoms with van der Waals surface area (Å²) in [5.74, 6) is -0.526. The van der Waals surface area contributed by atoms with Gasteiger partial charge in [0.25, 0.3) is 0 Å².